The zero-order chi connectivity index (χ0) is 14.9. The van der Waals surface area contributed by atoms with Crippen molar-refractivity contribution < 1.29 is 9.47 Å². The molecule has 114 valence electrons. The average molecular weight is 307 g/mol. The molecule has 0 aromatic carbocycles. The van der Waals surface area contributed by atoms with E-state index in [0.29, 0.717) is 31.5 Å². The van der Waals surface area contributed by atoms with E-state index >= 15 is 0 Å². The van der Waals surface area contributed by atoms with Crippen molar-refractivity contribution >= 4 is 27.4 Å². The van der Waals surface area contributed by atoms with Gasteiger partial charge in [0, 0.05) is 37.5 Å². The Balaban J connectivity index is 2.09. The maximum absolute atomic E-state index is 6.16. The number of aromatic nitrogens is 2. The molecular weight excluding hydrogens is 286 g/mol. The van der Waals surface area contributed by atoms with Gasteiger partial charge in [-0.05, 0) is 19.4 Å². The molecule has 2 aromatic heterocycles. The summed E-state index contributed by atoms with van der Waals surface area (Å²) in [5, 5.41) is 0.958. The van der Waals surface area contributed by atoms with Crippen molar-refractivity contribution in [2.24, 2.45) is 0 Å². The number of ether oxygens (including phenoxy) is 2. The molecule has 1 fully saturated rings. The lowest BCUT2D eigenvalue weighted by Crippen LogP contribution is -2.38. The fourth-order valence-electron chi connectivity index (χ4n) is 2.78. The number of anilines is 1. The monoisotopic (exact) mass is 307 g/mol. The highest BCUT2D eigenvalue weighted by molar-refractivity contribution is 7.18. The van der Waals surface area contributed by atoms with Crippen LogP contribution in [-0.2, 0) is 21.5 Å². The first-order chi connectivity index (χ1) is 10.2. The molecule has 2 N–H and O–H groups in total. The SMILES string of the molecule is CCOC1(c2nc(N)c3cc(CC)sc3n2)CCOCC1. The molecule has 21 heavy (non-hydrogen) atoms. The van der Waals surface area contributed by atoms with Gasteiger partial charge in [0.05, 0.1) is 5.39 Å². The highest BCUT2D eigenvalue weighted by atomic mass is 32.1. The number of aryl methyl sites for hydroxylation is 1. The van der Waals surface area contributed by atoms with Gasteiger partial charge in [-0.15, -0.1) is 11.3 Å². The Morgan fingerprint density at radius 2 is 2.10 bits per heavy atom. The van der Waals surface area contributed by atoms with E-state index in [4.69, 9.17) is 20.2 Å². The number of hydrogen-bond donors (Lipinski definition) is 1. The van der Waals surface area contributed by atoms with Crippen LogP contribution < -0.4 is 5.73 Å². The summed E-state index contributed by atoms with van der Waals surface area (Å²) in [4.78, 5) is 11.6. The molecule has 0 atom stereocenters. The fourth-order valence-corrected chi connectivity index (χ4v) is 3.76. The van der Waals surface area contributed by atoms with Crippen LogP contribution in [0.1, 0.15) is 37.4 Å². The molecule has 0 bridgehead atoms. The van der Waals surface area contributed by atoms with Crippen molar-refractivity contribution in [2.75, 3.05) is 25.6 Å². The first-order valence-corrected chi connectivity index (χ1v) is 8.28. The predicted octanol–water partition coefficient (Wildman–Crippen LogP) is 2.88. The maximum atomic E-state index is 6.16. The molecule has 0 aliphatic carbocycles. The van der Waals surface area contributed by atoms with Gasteiger partial charge in [0.2, 0.25) is 0 Å². The number of fused-ring (bicyclic) bond motifs is 1. The highest BCUT2D eigenvalue weighted by Crippen LogP contribution is 2.37. The van der Waals surface area contributed by atoms with Gasteiger partial charge in [0.25, 0.3) is 0 Å². The molecule has 0 radical (unpaired) electrons. The van der Waals surface area contributed by atoms with Gasteiger partial charge < -0.3 is 15.2 Å². The maximum Gasteiger partial charge on any atom is 0.164 e. The number of rotatable bonds is 4. The molecule has 2 aromatic rings. The Hall–Kier alpha value is -1.24. The van der Waals surface area contributed by atoms with Crippen molar-refractivity contribution in [1.82, 2.24) is 9.97 Å². The minimum atomic E-state index is -0.453. The Morgan fingerprint density at radius 3 is 2.76 bits per heavy atom. The van der Waals surface area contributed by atoms with Gasteiger partial charge in [0.15, 0.2) is 5.82 Å². The normalized spacial score (nSPS) is 18.2. The minimum absolute atomic E-state index is 0.453. The number of nitrogens with zero attached hydrogens (tertiary/aromatic N) is 2. The largest absolute Gasteiger partial charge is 0.383 e. The third-order valence-electron chi connectivity index (χ3n) is 3.95. The summed E-state index contributed by atoms with van der Waals surface area (Å²) in [6.45, 7) is 6.11. The van der Waals surface area contributed by atoms with Gasteiger partial charge in [-0.2, -0.15) is 0 Å². The molecule has 0 spiro atoms. The van der Waals surface area contributed by atoms with E-state index in [-0.39, 0.29) is 0 Å². The van der Waals surface area contributed by atoms with Gasteiger partial charge >= 0.3 is 0 Å². The first kappa shape index (κ1) is 14.7. The zero-order valence-corrected chi connectivity index (χ0v) is 13.3. The Labute approximate surface area is 128 Å². The van der Waals surface area contributed by atoms with Crippen LogP contribution in [-0.4, -0.2) is 29.8 Å². The molecule has 1 saturated heterocycles. The molecule has 1 aliphatic rings. The lowest BCUT2D eigenvalue weighted by atomic mass is 9.93. The molecule has 5 nitrogen and oxygen atoms in total. The van der Waals surface area contributed by atoms with Crippen molar-refractivity contribution in [2.45, 2.75) is 38.7 Å². The fraction of sp³-hybridized carbons (Fsp3) is 0.600. The molecule has 1 aliphatic heterocycles. The molecule has 6 heteroatoms. The summed E-state index contributed by atoms with van der Waals surface area (Å²) in [5.74, 6) is 1.26. The van der Waals surface area contributed by atoms with Gasteiger partial charge in [0.1, 0.15) is 16.2 Å². The smallest absolute Gasteiger partial charge is 0.164 e. The number of thiophene rings is 1. The molecule has 3 heterocycles. The van der Waals surface area contributed by atoms with Crippen LogP contribution in [0.4, 0.5) is 5.82 Å². The van der Waals surface area contributed by atoms with Crippen molar-refractivity contribution in [3.63, 3.8) is 0 Å². The summed E-state index contributed by atoms with van der Waals surface area (Å²) in [6.07, 6.45) is 2.54. The second-order valence-corrected chi connectivity index (χ2v) is 6.37. The highest BCUT2D eigenvalue weighted by Gasteiger charge is 2.38. The average Bonchev–Trinajstić information content (AvgIpc) is 2.92. The topological polar surface area (TPSA) is 70.3 Å². The van der Waals surface area contributed by atoms with E-state index in [2.05, 4.69) is 18.0 Å². The molecule has 0 amide bonds. The van der Waals surface area contributed by atoms with Crippen LogP contribution in [0.3, 0.4) is 0 Å². The second-order valence-electron chi connectivity index (χ2n) is 5.26. The summed E-state index contributed by atoms with van der Waals surface area (Å²) >= 11 is 1.69. The zero-order valence-electron chi connectivity index (χ0n) is 12.5. The standard InChI is InChI=1S/C15H21N3O2S/c1-3-10-9-11-12(16)17-14(18-13(11)21-10)15(20-4-2)5-7-19-8-6-15/h9H,3-8H2,1-2H3,(H2,16,17,18). The number of nitrogens with two attached hydrogens (primary N) is 1. The van der Waals surface area contributed by atoms with Gasteiger partial charge in [-0.3, -0.25) is 0 Å². The lowest BCUT2D eigenvalue weighted by Gasteiger charge is -2.35. The van der Waals surface area contributed by atoms with Crippen LogP contribution in [0.2, 0.25) is 0 Å². The van der Waals surface area contributed by atoms with Crippen LogP contribution >= 0.6 is 11.3 Å². The van der Waals surface area contributed by atoms with E-state index in [9.17, 15) is 0 Å². The van der Waals surface area contributed by atoms with E-state index < -0.39 is 5.60 Å². The third-order valence-corrected chi connectivity index (χ3v) is 5.12. The van der Waals surface area contributed by atoms with Crippen LogP contribution in [0.15, 0.2) is 6.07 Å². The van der Waals surface area contributed by atoms with Crippen LogP contribution in [0.5, 0.6) is 0 Å². The lowest BCUT2D eigenvalue weighted by molar-refractivity contribution is -0.117. The number of hydrogen-bond acceptors (Lipinski definition) is 6. The summed E-state index contributed by atoms with van der Waals surface area (Å²) in [6, 6.07) is 2.09. The molecule has 0 unspecified atom stereocenters. The summed E-state index contributed by atoms with van der Waals surface area (Å²) < 4.78 is 11.5. The Kier molecular flexibility index (Phi) is 4.10. The number of nitrogen functional groups attached to an aromatic ring is 1. The van der Waals surface area contributed by atoms with Crippen LogP contribution in [0, 0.1) is 0 Å². The Morgan fingerprint density at radius 1 is 1.33 bits per heavy atom. The Bertz CT molecular complexity index is 630. The van der Waals surface area contributed by atoms with Gasteiger partial charge in [-0.1, -0.05) is 6.92 Å². The molecular formula is C15H21N3O2S. The predicted molar refractivity (Wildman–Crippen MR) is 84.6 cm³/mol. The minimum Gasteiger partial charge on any atom is -0.383 e. The third kappa shape index (κ3) is 2.63. The second kappa shape index (κ2) is 5.87. The van der Waals surface area contributed by atoms with Crippen molar-refractivity contribution in [3.05, 3.63) is 16.8 Å². The van der Waals surface area contributed by atoms with E-state index in [1.165, 1.54) is 4.88 Å². The van der Waals surface area contributed by atoms with E-state index in [0.717, 1.165) is 29.5 Å². The van der Waals surface area contributed by atoms with Crippen molar-refractivity contribution in [3.8, 4) is 0 Å². The summed E-state index contributed by atoms with van der Waals surface area (Å²) in [5.41, 5.74) is 5.70. The van der Waals surface area contributed by atoms with Crippen LogP contribution in [0.25, 0.3) is 10.2 Å². The molecule has 3 rings (SSSR count). The quantitative estimate of drug-likeness (QED) is 0.940. The van der Waals surface area contributed by atoms with Gasteiger partial charge in [-0.25, -0.2) is 9.97 Å². The van der Waals surface area contributed by atoms with Crippen molar-refractivity contribution in [1.29, 1.82) is 0 Å². The molecule has 0 saturated carbocycles. The van der Waals surface area contributed by atoms with E-state index in [1.807, 2.05) is 6.92 Å². The summed E-state index contributed by atoms with van der Waals surface area (Å²) in [7, 11) is 0. The first-order valence-electron chi connectivity index (χ1n) is 7.46. The van der Waals surface area contributed by atoms with E-state index in [1.54, 1.807) is 11.3 Å².